The maximum absolute atomic E-state index is 12.5. The molecule has 0 amide bonds. The first kappa shape index (κ1) is 14.8. The Morgan fingerprint density at radius 1 is 1.32 bits per heavy atom. The molecule has 3 nitrogen and oxygen atoms in total. The number of hydrogen-bond donors (Lipinski definition) is 1. The maximum Gasteiger partial charge on any atom is 0.326 e. The van der Waals surface area contributed by atoms with Crippen LogP contribution in [0.4, 0.5) is 0 Å². The highest BCUT2D eigenvalue weighted by Gasteiger charge is 2.42. The first-order valence-corrected chi connectivity index (χ1v) is 8.03. The monoisotopic (exact) mass is 267 g/mol. The van der Waals surface area contributed by atoms with Crippen LogP contribution in [0, 0.1) is 11.8 Å². The van der Waals surface area contributed by atoms with Crippen molar-refractivity contribution in [2.45, 2.75) is 77.4 Å². The maximum atomic E-state index is 12.5. The molecule has 1 saturated carbocycles. The van der Waals surface area contributed by atoms with Crippen LogP contribution in [0.15, 0.2) is 0 Å². The lowest BCUT2D eigenvalue weighted by molar-refractivity contribution is -0.159. The van der Waals surface area contributed by atoms with E-state index in [4.69, 9.17) is 4.74 Å². The van der Waals surface area contributed by atoms with Gasteiger partial charge in [0.1, 0.15) is 11.6 Å². The molecule has 3 heteroatoms. The van der Waals surface area contributed by atoms with E-state index in [1.807, 2.05) is 0 Å². The van der Waals surface area contributed by atoms with E-state index < -0.39 is 0 Å². The predicted molar refractivity (Wildman–Crippen MR) is 76.9 cm³/mol. The summed E-state index contributed by atoms with van der Waals surface area (Å²) in [5.74, 6) is 1.45. The van der Waals surface area contributed by atoms with Gasteiger partial charge in [0.05, 0.1) is 0 Å². The third-order valence-electron chi connectivity index (χ3n) is 5.14. The van der Waals surface area contributed by atoms with Gasteiger partial charge >= 0.3 is 5.97 Å². The first-order valence-electron chi connectivity index (χ1n) is 8.03. The summed E-state index contributed by atoms with van der Waals surface area (Å²) >= 11 is 0. The predicted octanol–water partition coefficient (Wildman–Crippen LogP) is 3.28. The zero-order chi connectivity index (χ0) is 13.9. The minimum absolute atomic E-state index is 0.0126. The van der Waals surface area contributed by atoms with Gasteiger partial charge in [-0.1, -0.05) is 27.2 Å². The number of hydrogen-bond acceptors (Lipinski definition) is 3. The molecule has 2 aliphatic rings. The fourth-order valence-corrected chi connectivity index (χ4v) is 3.59. The molecular weight excluding hydrogens is 238 g/mol. The van der Waals surface area contributed by atoms with Crippen molar-refractivity contribution in [3.8, 4) is 0 Å². The summed E-state index contributed by atoms with van der Waals surface area (Å²) in [4.78, 5) is 12.5. The summed E-state index contributed by atoms with van der Waals surface area (Å²) in [7, 11) is 0. The SMILES string of the molecule is CCCC1(C(=O)OC2CCC(C)C(C)C2)CCCN1. The van der Waals surface area contributed by atoms with E-state index in [1.54, 1.807) is 0 Å². The molecule has 0 aromatic carbocycles. The second-order valence-corrected chi connectivity index (χ2v) is 6.66. The second kappa shape index (κ2) is 6.25. The Morgan fingerprint density at radius 3 is 2.68 bits per heavy atom. The first-order chi connectivity index (χ1) is 9.07. The van der Waals surface area contributed by atoms with Gasteiger partial charge in [-0.15, -0.1) is 0 Å². The van der Waals surface area contributed by atoms with E-state index >= 15 is 0 Å². The standard InChI is InChI=1S/C16H29NO2/c1-4-8-16(9-5-10-17-16)15(18)19-14-7-6-12(2)13(3)11-14/h12-14,17H,4-11H2,1-3H3. The van der Waals surface area contributed by atoms with Crippen molar-refractivity contribution in [3.05, 3.63) is 0 Å². The minimum Gasteiger partial charge on any atom is -0.461 e. The molecular formula is C16H29NO2. The second-order valence-electron chi connectivity index (χ2n) is 6.66. The highest BCUT2D eigenvalue weighted by molar-refractivity contribution is 5.81. The van der Waals surface area contributed by atoms with E-state index in [1.165, 1.54) is 6.42 Å². The van der Waals surface area contributed by atoms with Gasteiger partial charge in [-0.05, 0) is 56.9 Å². The van der Waals surface area contributed by atoms with E-state index in [-0.39, 0.29) is 17.6 Å². The van der Waals surface area contributed by atoms with Gasteiger partial charge in [0, 0.05) is 0 Å². The Labute approximate surface area is 117 Å². The Kier molecular flexibility index (Phi) is 4.88. The summed E-state index contributed by atoms with van der Waals surface area (Å²) < 4.78 is 5.85. The van der Waals surface area contributed by atoms with Crippen LogP contribution >= 0.6 is 0 Å². The zero-order valence-corrected chi connectivity index (χ0v) is 12.7. The summed E-state index contributed by atoms with van der Waals surface area (Å²) in [5, 5.41) is 3.41. The molecule has 110 valence electrons. The van der Waals surface area contributed by atoms with Gasteiger partial charge in [0.2, 0.25) is 0 Å². The average Bonchev–Trinajstić information content (AvgIpc) is 2.84. The number of carbonyl (C=O) groups excluding carboxylic acids is 1. The zero-order valence-electron chi connectivity index (χ0n) is 12.7. The molecule has 0 aromatic heterocycles. The Bertz CT molecular complexity index is 310. The molecule has 1 aliphatic heterocycles. The smallest absolute Gasteiger partial charge is 0.326 e. The number of esters is 1. The van der Waals surface area contributed by atoms with Crippen molar-refractivity contribution in [2.24, 2.45) is 11.8 Å². The van der Waals surface area contributed by atoms with E-state index in [0.29, 0.717) is 5.92 Å². The molecule has 1 N–H and O–H groups in total. The molecule has 0 radical (unpaired) electrons. The van der Waals surface area contributed by atoms with Gasteiger partial charge in [-0.25, -0.2) is 0 Å². The van der Waals surface area contributed by atoms with Crippen LogP contribution in [0.1, 0.15) is 65.7 Å². The van der Waals surface area contributed by atoms with Crippen molar-refractivity contribution in [1.82, 2.24) is 5.32 Å². The van der Waals surface area contributed by atoms with E-state index in [0.717, 1.165) is 51.0 Å². The van der Waals surface area contributed by atoms with Crippen LogP contribution in [0.3, 0.4) is 0 Å². The highest BCUT2D eigenvalue weighted by atomic mass is 16.5. The lowest BCUT2D eigenvalue weighted by Gasteiger charge is -2.34. The molecule has 0 aromatic rings. The third-order valence-corrected chi connectivity index (χ3v) is 5.14. The molecule has 1 heterocycles. The fourth-order valence-electron chi connectivity index (χ4n) is 3.59. The molecule has 19 heavy (non-hydrogen) atoms. The topological polar surface area (TPSA) is 38.3 Å². The number of rotatable bonds is 4. The number of nitrogens with one attached hydrogen (secondary N) is 1. The summed E-state index contributed by atoms with van der Waals surface area (Å²) in [5.41, 5.74) is -0.374. The lowest BCUT2D eigenvalue weighted by atomic mass is 9.80. The quantitative estimate of drug-likeness (QED) is 0.794. The van der Waals surface area contributed by atoms with Crippen LogP contribution in [0.25, 0.3) is 0 Å². The van der Waals surface area contributed by atoms with E-state index in [9.17, 15) is 4.79 Å². The van der Waals surface area contributed by atoms with Gasteiger partial charge < -0.3 is 10.1 Å². The Hall–Kier alpha value is -0.570. The van der Waals surface area contributed by atoms with Crippen molar-refractivity contribution in [1.29, 1.82) is 0 Å². The molecule has 2 fully saturated rings. The Balaban J connectivity index is 1.92. The molecule has 0 spiro atoms. The van der Waals surface area contributed by atoms with Gasteiger partial charge in [-0.3, -0.25) is 4.79 Å². The Morgan fingerprint density at radius 2 is 2.11 bits per heavy atom. The van der Waals surface area contributed by atoms with Crippen molar-refractivity contribution >= 4 is 5.97 Å². The molecule has 4 atom stereocenters. The molecule has 0 bridgehead atoms. The molecule has 1 saturated heterocycles. The molecule has 2 rings (SSSR count). The van der Waals surface area contributed by atoms with Crippen LogP contribution in [0.5, 0.6) is 0 Å². The van der Waals surface area contributed by atoms with Gasteiger partial charge in [0.25, 0.3) is 0 Å². The third kappa shape index (κ3) is 3.31. The number of carbonyl (C=O) groups is 1. The highest BCUT2D eigenvalue weighted by Crippen LogP contribution is 2.33. The van der Waals surface area contributed by atoms with Crippen LogP contribution < -0.4 is 5.32 Å². The molecule has 1 aliphatic carbocycles. The van der Waals surface area contributed by atoms with E-state index in [2.05, 4.69) is 26.1 Å². The molecule has 4 unspecified atom stereocenters. The van der Waals surface area contributed by atoms with Gasteiger partial charge in [-0.2, -0.15) is 0 Å². The van der Waals surface area contributed by atoms with Crippen molar-refractivity contribution in [2.75, 3.05) is 6.54 Å². The fraction of sp³-hybridized carbons (Fsp3) is 0.938. The summed E-state index contributed by atoms with van der Waals surface area (Å²) in [6.45, 7) is 7.67. The number of ether oxygens (including phenoxy) is 1. The van der Waals surface area contributed by atoms with Crippen molar-refractivity contribution < 1.29 is 9.53 Å². The van der Waals surface area contributed by atoms with Crippen LogP contribution in [0.2, 0.25) is 0 Å². The summed E-state index contributed by atoms with van der Waals surface area (Å²) in [6.07, 6.45) is 7.38. The van der Waals surface area contributed by atoms with Crippen molar-refractivity contribution in [3.63, 3.8) is 0 Å². The summed E-state index contributed by atoms with van der Waals surface area (Å²) in [6, 6.07) is 0. The minimum atomic E-state index is -0.374. The van der Waals surface area contributed by atoms with Gasteiger partial charge in [0.15, 0.2) is 0 Å². The lowest BCUT2D eigenvalue weighted by Crippen LogP contribution is -2.50. The largest absolute Gasteiger partial charge is 0.461 e. The van der Waals surface area contributed by atoms with Crippen LogP contribution in [-0.2, 0) is 9.53 Å². The average molecular weight is 267 g/mol. The normalized spacial score (nSPS) is 39.2. The van der Waals surface area contributed by atoms with Crippen LogP contribution in [-0.4, -0.2) is 24.2 Å².